The summed E-state index contributed by atoms with van der Waals surface area (Å²) >= 11 is 0. The molecule has 0 aliphatic heterocycles. The van der Waals surface area contributed by atoms with Gasteiger partial charge in [0.25, 0.3) is 0 Å². The molecule has 1 aromatic heterocycles. The van der Waals surface area contributed by atoms with Gasteiger partial charge in [0, 0.05) is 24.5 Å². The van der Waals surface area contributed by atoms with Crippen molar-refractivity contribution in [3.8, 4) is 17.2 Å². The smallest absolute Gasteiger partial charge is 0.125 e. The zero-order chi connectivity index (χ0) is 13.0. The standard InChI is InChI=1S/C14H12FN3/c1-17-7-11-3-13(9-18-8-11)12-2-10(6-16)4-14(15)5-12/h2-5,8-9,17H,7H2,1H3. The first kappa shape index (κ1) is 12.2. The summed E-state index contributed by atoms with van der Waals surface area (Å²) in [5, 5.41) is 11.9. The molecular formula is C14H12FN3. The van der Waals surface area contributed by atoms with Gasteiger partial charge in [-0.25, -0.2) is 4.39 Å². The lowest BCUT2D eigenvalue weighted by molar-refractivity contribution is 0.628. The van der Waals surface area contributed by atoms with Crippen LogP contribution in [0.25, 0.3) is 11.1 Å². The molecule has 0 amide bonds. The summed E-state index contributed by atoms with van der Waals surface area (Å²) in [6, 6.07) is 8.15. The monoisotopic (exact) mass is 241 g/mol. The number of rotatable bonds is 3. The highest BCUT2D eigenvalue weighted by atomic mass is 19.1. The molecule has 4 heteroatoms. The summed E-state index contributed by atoms with van der Waals surface area (Å²) in [5.74, 6) is -0.414. The van der Waals surface area contributed by atoms with Crippen LogP contribution in [-0.2, 0) is 6.54 Å². The van der Waals surface area contributed by atoms with Gasteiger partial charge in [-0.05, 0) is 42.4 Å². The van der Waals surface area contributed by atoms with Crippen LogP contribution in [0, 0.1) is 17.1 Å². The first-order valence-corrected chi connectivity index (χ1v) is 5.52. The highest BCUT2D eigenvalue weighted by Gasteiger charge is 2.04. The molecule has 1 heterocycles. The summed E-state index contributed by atoms with van der Waals surface area (Å²) in [6.07, 6.45) is 3.42. The summed E-state index contributed by atoms with van der Waals surface area (Å²) in [4.78, 5) is 4.12. The lowest BCUT2D eigenvalue weighted by Crippen LogP contribution is -2.05. The fourth-order valence-corrected chi connectivity index (χ4v) is 1.77. The SMILES string of the molecule is CNCc1cncc(-c2cc(F)cc(C#N)c2)c1. The van der Waals surface area contributed by atoms with Crippen molar-refractivity contribution < 1.29 is 4.39 Å². The molecule has 1 aromatic carbocycles. The van der Waals surface area contributed by atoms with Crippen LogP contribution in [-0.4, -0.2) is 12.0 Å². The predicted octanol–water partition coefficient (Wildman–Crippen LogP) is 2.48. The molecule has 0 radical (unpaired) electrons. The second-order valence-electron chi connectivity index (χ2n) is 3.95. The van der Waals surface area contributed by atoms with Gasteiger partial charge in [-0.2, -0.15) is 5.26 Å². The van der Waals surface area contributed by atoms with E-state index in [4.69, 9.17) is 5.26 Å². The fraction of sp³-hybridized carbons (Fsp3) is 0.143. The normalized spacial score (nSPS) is 10.1. The van der Waals surface area contributed by atoms with Gasteiger partial charge in [0.1, 0.15) is 5.82 Å². The van der Waals surface area contributed by atoms with Crippen molar-refractivity contribution in [2.24, 2.45) is 0 Å². The largest absolute Gasteiger partial charge is 0.316 e. The van der Waals surface area contributed by atoms with Crippen LogP contribution in [0.1, 0.15) is 11.1 Å². The van der Waals surface area contributed by atoms with Crippen molar-refractivity contribution in [1.29, 1.82) is 5.26 Å². The van der Waals surface area contributed by atoms with Crippen LogP contribution in [0.3, 0.4) is 0 Å². The zero-order valence-corrected chi connectivity index (χ0v) is 9.94. The Kier molecular flexibility index (Phi) is 3.66. The number of hydrogen-bond donors (Lipinski definition) is 1. The Balaban J connectivity index is 2.45. The van der Waals surface area contributed by atoms with Crippen LogP contribution >= 0.6 is 0 Å². The van der Waals surface area contributed by atoms with Crippen molar-refractivity contribution >= 4 is 0 Å². The van der Waals surface area contributed by atoms with Crippen LogP contribution in [0.2, 0.25) is 0 Å². The van der Waals surface area contributed by atoms with E-state index in [2.05, 4.69) is 10.3 Å². The van der Waals surface area contributed by atoms with Gasteiger partial charge < -0.3 is 5.32 Å². The average molecular weight is 241 g/mol. The molecular weight excluding hydrogens is 229 g/mol. The van der Waals surface area contributed by atoms with E-state index in [0.29, 0.717) is 17.7 Å². The van der Waals surface area contributed by atoms with E-state index in [0.717, 1.165) is 11.1 Å². The van der Waals surface area contributed by atoms with Crippen LogP contribution in [0.5, 0.6) is 0 Å². The number of nitrogens with one attached hydrogen (secondary N) is 1. The van der Waals surface area contributed by atoms with Gasteiger partial charge in [0.15, 0.2) is 0 Å². The van der Waals surface area contributed by atoms with E-state index >= 15 is 0 Å². The van der Waals surface area contributed by atoms with E-state index in [1.54, 1.807) is 18.5 Å². The summed E-state index contributed by atoms with van der Waals surface area (Å²) < 4.78 is 13.4. The molecule has 0 saturated heterocycles. The highest BCUT2D eigenvalue weighted by Crippen LogP contribution is 2.22. The van der Waals surface area contributed by atoms with Crippen LogP contribution in [0.15, 0.2) is 36.7 Å². The Hall–Kier alpha value is -2.25. The predicted molar refractivity (Wildman–Crippen MR) is 67.1 cm³/mol. The van der Waals surface area contributed by atoms with Gasteiger partial charge in [-0.1, -0.05) is 0 Å². The second kappa shape index (κ2) is 5.39. The molecule has 0 aliphatic rings. The molecule has 0 saturated carbocycles. The number of aromatic nitrogens is 1. The molecule has 2 rings (SSSR count). The molecule has 0 aliphatic carbocycles. The number of hydrogen-bond acceptors (Lipinski definition) is 3. The van der Waals surface area contributed by atoms with Crippen molar-refractivity contribution in [3.05, 3.63) is 53.6 Å². The molecule has 0 fully saturated rings. The van der Waals surface area contributed by atoms with E-state index in [9.17, 15) is 4.39 Å². The zero-order valence-electron chi connectivity index (χ0n) is 9.94. The minimum Gasteiger partial charge on any atom is -0.316 e. The van der Waals surface area contributed by atoms with Gasteiger partial charge in [0.05, 0.1) is 11.6 Å². The Labute approximate surface area is 105 Å². The maximum atomic E-state index is 13.4. The van der Waals surface area contributed by atoms with E-state index in [1.807, 2.05) is 19.2 Å². The third-order valence-electron chi connectivity index (χ3n) is 2.54. The van der Waals surface area contributed by atoms with Crippen molar-refractivity contribution in [3.63, 3.8) is 0 Å². The Morgan fingerprint density at radius 3 is 2.78 bits per heavy atom. The van der Waals surface area contributed by atoms with E-state index in [1.165, 1.54) is 12.1 Å². The third-order valence-corrected chi connectivity index (χ3v) is 2.54. The van der Waals surface area contributed by atoms with E-state index in [-0.39, 0.29) is 0 Å². The molecule has 2 aromatic rings. The van der Waals surface area contributed by atoms with Crippen molar-refractivity contribution in [2.75, 3.05) is 7.05 Å². The third kappa shape index (κ3) is 2.70. The number of halogens is 1. The Bertz CT molecular complexity index is 602. The van der Waals surface area contributed by atoms with Gasteiger partial charge in [-0.3, -0.25) is 4.98 Å². The Morgan fingerprint density at radius 2 is 2.06 bits per heavy atom. The highest BCUT2D eigenvalue weighted by molar-refractivity contribution is 5.65. The number of nitriles is 1. The topological polar surface area (TPSA) is 48.7 Å². The number of nitrogens with zero attached hydrogens (tertiary/aromatic N) is 2. The molecule has 90 valence electrons. The maximum Gasteiger partial charge on any atom is 0.125 e. The molecule has 0 bridgehead atoms. The lowest BCUT2D eigenvalue weighted by atomic mass is 10.0. The van der Waals surface area contributed by atoms with Crippen molar-refractivity contribution in [1.82, 2.24) is 10.3 Å². The molecule has 0 atom stereocenters. The molecule has 18 heavy (non-hydrogen) atoms. The number of benzene rings is 1. The average Bonchev–Trinajstić information content (AvgIpc) is 2.39. The van der Waals surface area contributed by atoms with Gasteiger partial charge >= 0.3 is 0 Å². The molecule has 1 N–H and O–H groups in total. The molecule has 0 spiro atoms. The van der Waals surface area contributed by atoms with Crippen molar-refractivity contribution in [2.45, 2.75) is 6.54 Å². The summed E-state index contributed by atoms with van der Waals surface area (Å²) in [6.45, 7) is 0.696. The van der Waals surface area contributed by atoms with Crippen LogP contribution < -0.4 is 5.32 Å². The van der Waals surface area contributed by atoms with Gasteiger partial charge in [0.2, 0.25) is 0 Å². The fourth-order valence-electron chi connectivity index (χ4n) is 1.77. The molecule has 3 nitrogen and oxygen atoms in total. The quantitative estimate of drug-likeness (QED) is 0.898. The second-order valence-corrected chi connectivity index (χ2v) is 3.95. The minimum absolute atomic E-state index is 0.309. The number of pyridine rings is 1. The van der Waals surface area contributed by atoms with Gasteiger partial charge in [-0.15, -0.1) is 0 Å². The summed E-state index contributed by atoms with van der Waals surface area (Å²) in [7, 11) is 1.85. The first-order valence-electron chi connectivity index (χ1n) is 5.52. The van der Waals surface area contributed by atoms with E-state index < -0.39 is 5.82 Å². The lowest BCUT2D eigenvalue weighted by Gasteiger charge is -2.05. The summed E-state index contributed by atoms with van der Waals surface area (Å²) in [5.41, 5.74) is 2.79. The minimum atomic E-state index is -0.414. The maximum absolute atomic E-state index is 13.4. The van der Waals surface area contributed by atoms with Crippen LogP contribution in [0.4, 0.5) is 4.39 Å². The molecule has 0 unspecified atom stereocenters. The Morgan fingerprint density at radius 1 is 1.22 bits per heavy atom. The first-order chi connectivity index (χ1) is 8.72.